The molecule has 0 bridgehead atoms. The van der Waals surface area contributed by atoms with E-state index in [-0.39, 0.29) is 4.90 Å². The number of hydrogen-bond acceptors (Lipinski definition) is 5. The maximum atomic E-state index is 12.6. The molecule has 126 valence electrons. The van der Waals surface area contributed by atoms with Crippen molar-refractivity contribution in [3.05, 3.63) is 77.4 Å². The molecule has 0 aliphatic carbocycles. The van der Waals surface area contributed by atoms with Gasteiger partial charge < -0.3 is 4.98 Å². The van der Waals surface area contributed by atoms with Crippen LogP contribution in [0.15, 0.2) is 71.6 Å². The molecule has 1 N–H and O–H groups in total. The van der Waals surface area contributed by atoms with E-state index >= 15 is 0 Å². The van der Waals surface area contributed by atoms with Gasteiger partial charge in [-0.3, -0.25) is 0 Å². The monoisotopic (exact) mass is 370 g/mol. The second-order valence-corrected chi connectivity index (χ2v) is 8.21. The maximum absolute atomic E-state index is 12.6. The number of rotatable bonds is 5. The van der Waals surface area contributed by atoms with Crippen LogP contribution >= 0.6 is 11.3 Å². The van der Waals surface area contributed by atoms with E-state index in [1.165, 1.54) is 15.3 Å². The summed E-state index contributed by atoms with van der Waals surface area (Å²) in [6.07, 6.45) is 7.22. The summed E-state index contributed by atoms with van der Waals surface area (Å²) in [5.74, 6) is 0. The van der Waals surface area contributed by atoms with Crippen LogP contribution in [0.25, 0.3) is 11.3 Å². The van der Waals surface area contributed by atoms with E-state index in [4.69, 9.17) is 0 Å². The van der Waals surface area contributed by atoms with E-state index in [1.54, 1.807) is 61.3 Å². The van der Waals surface area contributed by atoms with Crippen molar-refractivity contribution in [2.75, 3.05) is 0 Å². The van der Waals surface area contributed by atoms with Gasteiger partial charge in [0.15, 0.2) is 0 Å². The second kappa shape index (κ2) is 6.30. The predicted molar refractivity (Wildman–Crippen MR) is 96.0 cm³/mol. The Morgan fingerprint density at radius 3 is 2.76 bits per heavy atom. The number of aromatic amines is 1. The molecule has 0 saturated carbocycles. The molecular formula is C17H14N4O2S2. The van der Waals surface area contributed by atoms with Crippen molar-refractivity contribution in [1.29, 1.82) is 0 Å². The van der Waals surface area contributed by atoms with Crippen molar-refractivity contribution in [2.24, 2.45) is 0 Å². The predicted octanol–water partition coefficient (Wildman–Crippen LogP) is 3.16. The number of nitrogens with one attached hydrogen (secondary N) is 1. The molecule has 6 nitrogen and oxygen atoms in total. The van der Waals surface area contributed by atoms with Crippen molar-refractivity contribution < 1.29 is 8.42 Å². The van der Waals surface area contributed by atoms with Gasteiger partial charge >= 0.3 is 0 Å². The van der Waals surface area contributed by atoms with E-state index in [0.717, 1.165) is 22.0 Å². The number of aromatic nitrogens is 4. The molecule has 1 aromatic carbocycles. The Morgan fingerprint density at radius 1 is 1.16 bits per heavy atom. The Balaban J connectivity index is 1.61. The largest absolute Gasteiger partial charge is 0.348 e. The third kappa shape index (κ3) is 3.13. The lowest BCUT2D eigenvalue weighted by Gasteiger charge is -2.04. The zero-order chi connectivity index (χ0) is 17.3. The Morgan fingerprint density at radius 2 is 2.00 bits per heavy atom. The Labute approximate surface area is 148 Å². The third-order valence-electron chi connectivity index (χ3n) is 3.73. The minimum Gasteiger partial charge on any atom is -0.348 e. The van der Waals surface area contributed by atoms with E-state index in [1.807, 2.05) is 5.38 Å². The molecule has 0 fully saturated rings. The second-order valence-electron chi connectivity index (χ2n) is 5.43. The molecular weight excluding hydrogens is 356 g/mol. The first kappa shape index (κ1) is 15.8. The van der Waals surface area contributed by atoms with Crippen LogP contribution in [0.3, 0.4) is 0 Å². The van der Waals surface area contributed by atoms with Gasteiger partial charge in [-0.05, 0) is 18.2 Å². The van der Waals surface area contributed by atoms with Gasteiger partial charge in [0.25, 0.3) is 10.0 Å². The molecule has 0 aliphatic heterocycles. The molecule has 0 radical (unpaired) electrons. The number of thiazole rings is 1. The van der Waals surface area contributed by atoms with E-state index in [0.29, 0.717) is 6.42 Å². The van der Waals surface area contributed by atoms with Crippen LogP contribution in [-0.2, 0) is 16.4 Å². The standard InChI is InChI=1S/C17H14N4O2S2/c22-25(23,15-4-2-1-3-5-15)21-7-6-13(10-21)16-11-24-17(20-16)8-14-9-18-12-19-14/h1-7,9-12H,8H2,(H,18,19). The quantitative estimate of drug-likeness (QED) is 0.585. The van der Waals surface area contributed by atoms with E-state index in [9.17, 15) is 8.42 Å². The van der Waals surface area contributed by atoms with Crippen LogP contribution in [0.5, 0.6) is 0 Å². The third-order valence-corrected chi connectivity index (χ3v) is 6.23. The molecule has 8 heteroatoms. The van der Waals surface area contributed by atoms with Gasteiger partial charge in [0.1, 0.15) is 0 Å². The van der Waals surface area contributed by atoms with Crippen LogP contribution in [0.1, 0.15) is 10.7 Å². The first-order chi connectivity index (χ1) is 12.1. The molecule has 0 amide bonds. The number of nitrogens with zero attached hydrogens (tertiary/aromatic N) is 3. The summed E-state index contributed by atoms with van der Waals surface area (Å²) in [5, 5.41) is 2.87. The van der Waals surface area contributed by atoms with Gasteiger partial charge in [-0.25, -0.2) is 22.4 Å². The van der Waals surface area contributed by atoms with E-state index < -0.39 is 10.0 Å². The summed E-state index contributed by atoms with van der Waals surface area (Å²) in [6, 6.07) is 10.1. The Bertz CT molecular complexity index is 1080. The summed E-state index contributed by atoms with van der Waals surface area (Å²) in [6.45, 7) is 0. The van der Waals surface area contributed by atoms with Crippen molar-refractivity contribution in [3.63, 3.8) is 0 Å². The highest BCUT2D eigenvalue weighted by atomic mass is 32.2. The van der Waals surface area contributed by atoms with Crippen molar-refractivity contribution in [2.45, 2.75) is 11.3 Å². The lowest BCUT2D eigenvalue weighted by molar-refractivity contribution is 0.587. The van der Waals surface area contributed by atoms with Crippen LogP contribution < -0.4 is 0 Å². The minimum atomic E-state index is -3.58. The normalized spacial score (nSPS) is 11.7. The fraction of sp³-hybridized carbons (Fsp3) is 0.0588. The number of H-pyrrole nitrogens is 1. The van der Waals surface area contributed by atoms with Gasteiger partial charge in [0.2, 0.25) is 0 Å². The van der Waals surface area contributed by atoms with Gasteiger partial charge in [0, 0.05) is 41.6 Å². The number of hydrogen-bond donors (Lipinski definition) is 1. The zero-order valence-electron chi connectivity index (χ0n) is 13.0. The van der Waals surface area contributed by atoms with Crippen LogP contribution in [-0.4, -0.2) is 27.3 Å². The minimum absolute atomic E-state index is 0.260. The smallest absolute Gasteiger partial charge is 0.267 e. The molecule has 25 heavy (non-hydrogen) atoms. The first-order valence-electron chi connectivity index (χ1n) is 7.53. The highest BCUT2D eigenvalue weighted by Gasteiger charge is 2.17. The molecule has 3 heterocycles. The van der Waals surface area contributed by atoms with Crippen molar-refractivity contribution in [1.82, 2.24) is 18.9 Å². The highest BCUT2D eigenvalue weighted by Crippen LogP contribution is 2.25. The fourth-order valence-corrected chi connectivity index (χ4v) is 4.51. The topological polar surface area (TPSA) is 80.6 Å². The average Bonchev–Trinajstić information content (AvgIpc) is 3.37. The molecule has 0 saturated heterocycles. The van der Waals surface area contributed by atoms with Crippen LogP contribution in [0.4, 0.5) is 0 Å². The molecule has 3 aromatic heterocycles. The zero-order valence-corrected chi connectivity index (χ0v) is 14.7. The lowest BCUT2D eigenvalue weighted by atomic mass is 10.3. The average molecular weight is 370 g/mol. The molecule has 4 rings (SSSR count). The SMILES string of the molecule is O=S(=O)(c1ccccc1)n1ccc(-c2csc(Cc3cnc[nH]3)n2)c1. The molecule has 0 aliphatic rings. The van der Waals surface area contributed by atoms with Crippen molar-refractivity contribution in [3.8, 4) is 11.3 Å². The molecule has 4 aromatic rings. The summed E-state index contributed by atoms with van der Waals surface area (Å²) in [4.78, 5) is 11.9. The number of imidazole rings is 1. The van der Waals surface area contributed by atoms with Gasteiger partial charge in [-0.1, -0.05) is 18.2 Å². The Kier molecular flexibility index (Phi) is 3.98. The fourth-order valence-electron chi connectivity index (χ4n) is 2.46. The summed E-state index contributed by atoms with van der Waals surface area (Å²) in [5.41, 5.74) is 2.53. The van der Waals surface area contributed by atoms with Gasteiger partial charge in [-0.2, -0.15) is 0 Å². The molecule has 0 unspecified atom stereocenters. The number of benzene rings is 1. The van der Waals surface area contributed by atoms with Crippen LogP contribution in [0, 0.1) is 0 Å². The maximum Gasteiger partial charge on any atom is 0.267 e. The summed E-state index contributed by atoms with van der Waals surface area (Å²) in [7, 11) is -3.58. The van der Waals surface area contributed by atoms with Gasteiger partial charge in [-0.15, -0.1) is 11.3 Å². The highest BCUT2D eigenvalue weighted by molar-refractivity contribution is 7.90. The van der Waals surface area contributed by atoms with Gasteiger partial charge in [0.05, 0.1) is 21.9 Å². The van der Waals surface area contributed by atoms with Crippen molar-refractivity contribution >= 4 is 21.4 Å². The lowest BCUT2D eigenvalue weighted by Crippen LogP contribution is -2.10. The molecule has 0 atom stereocenters. The summed E-state index contributed by atoms with van der Waals surface area (Å²) >= 11 is 1.54. The first-order valence-corrected chi connectivity index (χ1v) is 9.85. The Hall–Kier alpha value is -2.71. The van der Waals surface area contributed by atoms with E-state index in [2.05, 4.69) is 15.0 Å². The van der Waals surface area contributed by atoms with Crippen LogP contribution in [0.2, 0.25) is 0 Å². The molecule has 0 spiro atoms. The summed E-state index contributed by atoms with van der Waals surface area (Å²) < 4.78 is 26.5.